The number of hydrogen-bond donors (Lipinski definition) is 0. The molecule has 152 valence electrons. The minimum absolute atomic E-state index is 0.392. The second-order valence-electron chi connectivity index (χ2n) is 13.2. The fourth-order valence-electron chi connectivity index (χ4n) is 10.5. The molecule has 0 nitrogen and oxygen atoms in total. The SMILES string of the molecule is CC1(C)C=CC[C@@]2(C)C1CC[C@]1(C)C2CC[C@@H]2[C@H]3CCC[C@]3(C)CC[C@]21C. The first-order valence-corrected chi connectivity index (χ1v) is 12.2. The van der Waals surface area contributed by atoms with Crippen molar-refractivity contribution in [2.24, 2.45) is 50.7 Å². The van der Waals surface area contributed by atoms with Gasteiger partial charge in [0.1, 0.15) is 0 Å². The fraction of sp³-hybridized carbons (Fsp3) is 0.926. The highest BCUT2D eigenvalue weighted by Crippen LogP contribution is 2.76. The van der Waals surface area contributed by atoms with Gasteiger partial charge in [-0.05, 0) is 109 Å². The summed E-state index contributed by atoms with van der Waals surface area (Å²) in [5, 5.41) is 0. The van der Waals surface area contributed by atoms with E-state index in [2.05, 4.69) is 53.7 Å². The van der Waals surface area contributed by atoms with Crippen LogP contribution >= 0.6 is 0 Å². The largest absolute Gasteiger partial charge is 0.0874 e. The average molecular weight is 369 g/mol. The third kappa shape index (κ3) is 2.17. The van der Waals surface area contributed by atoms with Gasteiger partial charge in [-0.1, -0.05) is 60.1 Å². The van der Waals surface area contributed by atoms with Gasteiger partial charge in [0.25, 0.3) is 0 Å². The summed E-state index contributed by atoms with van der Waals surface area (Å²) in [5.41, 5.74) is 2.75. The van der Waals surface area contributed by atoms with Gasteiger partial charge in [0.05, 0.1) is 0 Å². The van der Waals surface area contributed by atoms with E-state index < -0.39 is 0 Å². The second kappa shape index (κ2) is 5.46. The third-order valence-electron chi connectivity index (χ3n) is 12.1. The van der Waals surface area contributed by atoms with Crippen molar-refractivity contribution >= 4 is 0 Å². The first-order chi connectivity index (χ1) is 12.6. The Kier molecular flexibility index (Phi) is 3.79. The van der Waals surface area contributed by atoms with E-state index in [1.165, 1.54) is 64.2 Å². The van der Waals surface area contributed by atoms with Crippen LogP contribution < -0.4 is 0 Å². The molecule has 0 aromatic carbocycles. The highest BCUT2D eigenvalue weighted by atomic mass is 14.7. The van der Waals surface area contributed by atoms with Gasteiger partial charge in [-0.25, -0.2) is 0 Å². The molecule has 0 aromatic rings. The van der Waals surface area contributed by atoms with E-state index in [0.717, 1.165) is 23.7 Å². The van der Waals surface area contributed by atoms with Crippen LogP contribution in [0.4, 0.5) is 0 Å². The zero-order valence-electron chi connectivity index (χ0n) is 19.0. The summed E-state index contributed by atoms with van der Waals surface area (Å²) in [5.74, 6) is 3.85. The van der Waals surface area contributed by atoms with Crippen molar-refractivity contribution in [3.63, 3.8) is 0 Å². The van der Waals surface area contributed by atoms with Gasteiger partial charge in [-0.3, -0.25) is 0 Å². The normalized spacial score (nSPS) is 58.7. The molecule has 0 saturated heterocycles. The summed E-state index contributed by atoms with van der Waals surface area (Å²) < 4.78 is 0. The predicted octanol–water partition coefficient (Wildman–Crippen LogP) is 8.03. The lowest BCUT2D eigenvalue weighted by Gasteiger charge is -2.71. The lowest BCUT2D eigenvalue weighted by Crippen LogP contribution is -2.64. The van der Waals surface area contributed by atoms with Crippen LogP contribution in [-0.2, 0) is 0 Å². The van der Waals surface area contributed by atoms with E-state index in [1.54, 1.807) is 0 Å². The van der Waals surface area contributed by atoms with Crippen LogP contribution in [0.25, 0.3) is 0 Å². The van der Waals surface area contributed by atoms with Crippen molar-refractivity contribution < 1.29 is 0 Å². The molecule has 4 fully saturated rings. The van der Waals surface area contributed by atoms with Crippen LogP contribution in [0.2, 0.25) is 0 Å². The molecule has 2 unspecified atom stereocenters. The van der Waals surface area contributed by atoms with E-state index in [1.807, 2.05) is 0 Å². The summed E-state index contributed by atoms with van der Waals surface area (Å²) in [6.07, 6.45) is 20.0. The van der Waals surface area contributed by atoms with Crippen molar-refractivity contribution in [1.29, 1.82) is 0 Å². The molecule has 5 aliphatic rings. The summed E-state index contributed by atoms with van der Waals surface area (Å²) in [6.45, 7) is 15.9. The highest BCUT2D eigenvalue weighted by Gasteiger charge is 2.68. The maximum absolute atomic E-state index is 2.77. The van der Waals surface area contributed by atoms with Gasteiger partial charge < -0.3 is 0 Å². The standard InChI is InChI=1S/C27H44/c1-23(2)13-8-15-25(4)21(23)12-16-27(6)22(25)11-10-20-19-9-7-14-24(19,3)17-18-26(20,27)5/h8,13,19-22H,7,9-12,14-18H2,1-6H3/t19-,20-,21?,22?,24-,25+,26-,27-/m1/s1. The van der Waals surface area contributed by atoms with E-state index >= 15 is 0 Å². The molecule has 8 atom stereocenters. The Morgan fingerprint density at radius 3 is 2.22 bits per heavy atom. The van der Waals surface area contributed by atoms with Gasteiger partial charge in [0, 0.05) is 0 Å². The van der Waals surface area contributed by atoms with Crippen LogP contribution in [0.15, 0.2) is 12.2 Å². The monoisotopic (exact) mass is 368 g/mol. The van der Waals surface area contributed by atoms with Crippen molar-refractivity contribution in [2.75, 3.05) is 0 Å². The van der Waals surface area contributed by atoms with Crippen molar-refractivity contribution in [1.82, 2.24) is 0 Å². The Bertz CT molecular complexity index is 657. The molecule has 27 heavy (non-hydrogen) atoms. The summed E-state index contributed by atoms with van der Waals surface area (Å²) in [6, 6.07) is 0. The number of rotatable bonds is 0. The molecule has 0 aliphatic heterocycles. The topological polar surface area (TPSA) is 0 Å². The van der Waals surface area contributed by atoms with Crippen LogP contribution in [0.5, 0.6) is 0 Å². The molecule has 5 aliphatic carbocycles. The minimum Gasteiger partial charge on any atom is -0.0874 e. The smallest absolute Gasteiger partial charge is 0.0141 e. The predicted molar refractivity (Wildman–Crippen MR) is 115 cm³/mol. The maximum atomic E-state index is 2.77. The van der Waals surface area contributed by atoms with Crippen molar-refractivity contribution in [3.05, 3.63) is 12.2 Å². The second-order valence-corrected chi connectivity index (χ2v) is 13.2. The summed E-state index contributed by atoms with van der Waals surface area (Å²) >= 11 is 0. The molecule has 0 bridgehead atoms. The average Bonchev–Trinajstić information content (AvgIpc) is 2.97. The Hall–Kier alpha value is -0.260. The lowest BCUT2D eigenvalue weighted by molar-refractivity contribution is -0.222. The zero-order valence-corrected chi connectivity index (χ0v) is 19.0. The van der Waals surface area contributed by atoms with Gasteiger partial charge >= 0.3 is 0 Å². The number of fused-ring (bicyclic) bond motifs is 7. The molecule has 0 spiro atoms. The highest BCUT2D eigenvalue weighted by molar-refractivity contribution is 5.21. The third-order valence-corrected chi connectivity index (χ3v) is 12.1. The van der Waals surface area contributed by atoms with E-state index in [0.29, 0.717) is 27.1 Å². The molecule has 4 saturated carbocycles. The summed E-state index contributed by atoms with van der Waals surface area (Å²) in [7, 11) is 0. The molecule has 0 N–H and O–H groups in total. The Labute approximate surface area is 169 Å². The molecule has 0 radical (unpaired) electrons. The molecule has 0 heterocycles. The van der Waals surface area contributed by atoms with Gasteiger partial charge in [0.2, 0.25) is 0 Å². The molecular weight excluding hydrogens is 324 g/mol. The van der Waals surface area contributed by atoms with Gasteiger partial charge in [-0.15, -0.1) is 0 Å². The Balaban J connectivity index is 1.55. The quantitative estimate of drug-likeness (QED) is 0.380. The van der Waals surface area contributed by atoms with Gasteiger partial charge in [-0.2, -0.15) is 0 Å². The Morgan fingerprint density at radius 2 is 1.44 bits per heavy atom. The molecule has 0 amide bonds. The van der Waals surface area contributed by atoms with E-state index in [-0.39, 0.29) is 0 Å². The van der Waals surface area contributed by atoms with E-state index in [9.17, 15) is 0 Å². The van der Waals surface area contributed by atoms with Crippen LogP contribution in [-0.4, -0.2) is 0 Å². The van der Waals surface area contributed by atoms with E-state index in [4.69, 9.17) is 0 Å². The molecule has 0 heteroatoms. The van der Waals surface area contributed by atoms with Crippen molar-refractivity contribution in [2.45, 2.75) is 106 Å². The lowest BCUT2D eigenvalue weighted by atomic mass is 9.33. The van der Waals surface area contributed by atoms with Crippen LogP contribution in [0, 0.1) is 50.7 Å². The zero-order chi connectivity index (χ0) is 19.3. The van der Waals surface area contributed by atoms with Gasteiger partial charge in [0.15, 0.2) is 0 Å². The van der Waals surface area contributed by atoms with Crippen LogP contribution in [0.1, 0.15) is 106 Å². The molecule has 0 aromatic heterocycles. The van der Waals surface area contributed by atoms with Crippen LogP contribution in [0.3, 0.4) is 0 Å². The minimum atomic E-state index is 0.392. The first-order valence-electron chi connectivity index (χ1n) is 12.2. The first kappa shape index (κ1) is 18.7. The Morgan fingerprint density at radius 1 is 0.667 bits per heavy atom. The van der Waals surface area contributed by atoms with Crippen molar-refractivity contribution in [3.8, 4) is 0 Å². The number of allylic oxidation sites excluding steroid dienone is 2. The maximum Gasteiger partial charge on any atom is -0.0141 e. The number of hydrogen-bond acceptors (Lipinski definition) is 0. The summed E-state index contributed by atoms with van der Waals surface area (Å²) in [4.78, 5) is 0. The molecular formula is C27H44. The fourth-order valence-corrected chi connectivity index (χ4v) is 10.5. The molecule has 5 rings (SSSR count).